The largest absolute Gasteiger partial charge is 0.508 e. The van der Waals surface area contributed by atoms with Crippen molar-refractivity contribution in [2.24, 2.45) is 0 Å². The van der Waals surface area contributed by atoms with Crippen molar-refractivity contribution in [1.82, 2.24) is 9.55 Å². The summed E-state index contributed by atoms with van der Waals surface area (Å²) >= 11 is 3.09. The van der Waals surface area contributed by atoms with Crippen molar-refractivity contribution in [1.29, 1.82) is 0 Å². The van der Waals surface area contributed by atoms with Crippen molar-refractivity contribution in [2.75, 3.05) is 13.2 Å². The molecule has 0 unspecified atom stereocenters. The highest BCUT2D eigenvalue weighted by atomic mass is 79.9. The Morgan fingerprint density at radius 1 is 1.33 bits per heavy atom. The molecule has 1 aromatic rings. The first-order chi connectivity index (χ1) is 14.4. The van der Waals surface area contributed by atoms with E-state index in [9.17, 15) is 19.2 Å². The maximum Gasteiger partial charge on any atom is 0.508 e. The van der Waals surface area contributed by atoms with Gasteiger partial charge in [0.25, 0.3) is 5.56 Å². The lowest BCUT2D eigenvalue weighted by atomic mass is 10.1. The molecule has 1 aliphatic rings. The molecule has 10 nitrogen and oxygen atoms in total. The molecule has 30 heavy (non-hydrogen) atoms. The molecule has 0 spiro atoms. The fourth-order valence-corrected chi connectivity index (χ4v) is 3.19. The van der Waals surface area contributed by atoms with E-state index >= 15 is 0 Å². The molecule has 2 rings (SSSR count). The Balaban J connectivity index is 2.21. The number of unbranched alkanes of at least 4 members (excludes halogenated alkanes) is 1. The smallest absolute Gasteiger partial charge is 0.459 e. The molecule has 0 amide bonds. The number of esters is 1. The van der Waals surface area contributed by atoms with Gasteiger partial charge in [0.2, 0.25) is 0 Å². The molecule has 1 saturated heterocycles. The van der Waals surface area contributed by atoms with Crippen LogP contribution in [0.25, 0.3) is 6.08 Å². The molecule has 0 aliphatic carbocycles. The summed E-state index contributed by atoms with van der Waals surface area (Å²) in [5.41, 5.74) is -0.979. The van der Waals surface area contributed by atoms with Gasteiger partial charge in [0.05, 0.1) is 12.2 Å². The van der Waals surface area contributed by atoms with Gasteiger partial charge in [0.15, 0.2) is 0 Å². The van der Waals surface area contributed by atoms with Crippen LogP contribution in [0.3, 0.4) is 0 Å². The number of H-pyrrole nitrogens is 1. The van der Waals surface area contributed by atoms with Gasteiger partial charge in [-0.1, -0.05) is 29.3 Å². The summed E-state index contributed by atoms with van der Waals surface area (Å²) in [6.07, 6.45) is 1.54. The maximum atomic E-state index is 12.3. The second-order valence-electron chi connectivity index (χ2n) is 6.53. The summed E-state index contributed by atoms with van der Waals surface area (Å²) in [7, 11) is 0. The molecule has 1 aliphatic heterocycles. The standard InChI is InChI=1S/C19H25BrN2O8/c1-3-5-6-16(23)30-13-9-15(29-14(13)11-28-19(26)27-4-2)22-10-12(7-8-20)17(24)21-18(22)25/h7-8,10,13-15H,3-6,9,11H2,1-2H3,(H,21,24,25)/b8-7+/t13-,14+,15+/m0/s1. The lowest BCUT2D eigenvalue weighted by Gasteiger charge is -2.18. The first kappa shape index (κ1) is 23.9. The van der Waals surface area contributed by atoms with Crippen LogP contribution in [0.5, 0.6) is 0 Å². The highest BCUT2D eigenvalue weighted by molar-refractivity contribution is 9.11. The number of halogens is 1. The molecule has 166 valence electrons. The molecule has 0 saturated carbocycles. The predicted molar refractivity (Wildman–Crippen MR) is 110 cm³/mol. The van der Waals surface area contributed by atoms with Crippen LogP contribution >= 0.6 is 15.9 Å². The summed E-state index contributed by atoms with van der Waals surface area (Å²) in [4.78, 5) is 51.5. The minimum atomic E-state index is -0.869. The zero-order valence-electron chi connectivity index (χ0n) is 16.8. The normalized spacial score (nSPS) is 21.0. The topological polar surface area (TPSA) is 126 Å². The number of rotatable bonds is 9. The maximum absolute atomic E-state index is 12.3. The predicted octanol–water partition coefficient (Wildman–Crippen LogP) is 2.46. The summed E-state index contributed by atoms with van der Waals surface area (Å²) in [6.45, 7) is 3.54. The van der Waals surface area contributed by atoms with Crippen LogP contribution in [0.1, 0.15) is 51.3 Å². The highest BCUT2D eigenvalue weighted by Gasteiger charge is 2.40. The van der Waals surface area contributed by atoms with Crippen LogP contribution in [0.4, 0.5) is 4.79 Å². The molecule has 1 N–H and O–H groups in total. The second kappa shape index (κ2) is 11.7. The number of hydrogen-bond acceptors (Lipinski definition) is 8. The van der Waals surface area contributed by atoms with E-state index in [2.05, 4.69) is 20.9 Å². The van der Waals surface area contributed by atoms with Crippen LogP contribution < -0.4 is 11.2 Å². The molecule has 11 heteroatoms. The fourth-order valence-electron chi connectivity index (χ4n) is 2.91. The summed E-state index contributed by atoms with van der Waals surface area (Å²) in [5, 5.41) is 0. The van der Waals surface area contributed by atoms with Gasteiger partial charge in [-0.05, 0) is 24.4 Å². The first-order valence-electron chi connectivity index (χ1n) is 9.66. The van der Waals surface area contributed by atoms with Gasteiger partial charge in [0, 0.05) is 19.0 Å². The third-order valence-electron chi connectivity index (χ3n) is 4.37. The van der Waals surface area contributed by atoms with Gasteiger partial charge in [-0.15, -0.1) is 0 Å². The summed E-state index contributed by atoms with van der Waals surface area (Å²) in [5.74, 6) is -0.399. The molecule has 0 aromatic carbocycles. The number of carbonyl (C=O) groups is 2. The van der Waals surface area contributed by atoms with E-state index in [1.54, 1.807) is 6.92 Å². The zero-order valence-corrected chi connectivity index (χ0v) is 18.4. The van der Waals surface area contributed by atoms with Crippen LogP contribution in [0, 0.1) is 0 Å². The van der Waals surface area contributed by atoms with E-state index < -0.39 is 41.8 Å². The molecule has 2 heterocycles. The number of hydrogen-bond donors (Lipinski definition) is 1. The average Bonchev–Trinajstić information content (AvgIpc) is 3.09. The van der Waals surface area contributed by atoms with Crippen molar-refractivity contribution < 1.29 is 28.5 Å². The van der Waals surface area contributed by atoms with Gasteiger partial charge in [-0.2, -0.15) is 0 Å². The third-order valence-corrected chi connectivity index (χ3v) is 4.64. The SMILES string of the molecule is CCCCC(=O)O[C@H]1C[C@H](n2cc(/C=C/Br)c(=O)[nH]c2=O)O[C@@H]1COC(=O)OCC. The van der Waals surface area contributed by atoms with Crippen molar-refractivity contribution in [2.45, 2.75) is 58.0 Å². The molecule has 1 fully saturated rings. The zero-order chi connectivity index (χ0) is 22.1. The van der Waals surface area contributed by atoms with Gasteiger partial charge < -0.3 is 18.9 Å². The minimum absolute atomic E-state index is 0.151. The molecule has 0 radical (unpaired) electrons. The van der Waals surface area contributed by atoms with E-state index in [4.69, 9.17) is 18.9 Å². The Labute approximate surface area is 181 Å². The second-order valence-corrected chi connectivity index (χ2v) is 7.06. The number of nitrogens with one attached hydrogen (secondary N) is 1. The Bertz CT molecular complexity index is 878. The monoisotopic (exact) mass is 488 g/mol. The minimum Gasteiger partial charge on any atom is -0.459 e. The quantitative estimate of drug-likeness (QED) is 0.525. The third kappa shape index (κ3) is 6.56. The van der Waals surface area contributed by atoms with Crippen LogP contribution in [0.2, 0.25) is 0 Å². The van der Waals surface area contributed by atoms with E-state index in [1.807, 2.05) is 6.92 Å². The van der Waals surface area contributed by atoms with E-state index in [1.165, 1.54) is 21.8 Å². The molecule has 0 bridgehead atoms. The summed E-state index contributed by atoms with van der Waals surface area (Å²) < 4.78 is 22.3. The van der Waals surface area contributed by atoms with E-state index in [0.29, 0.717) is 6.42 Å². The average molecular weight is 489 g/mol. The lowest BCUT2D eigenvalue weighted by Crippen LogP contribution is -2.33. The highest BCUT2D eigenvalue weighted by Crippen LogP contribution is 2.30. The lowest BCUT2D eigenvalue weighted by molar-refractivity contribution is -0.153. The Morgan fingerprint density at radius 2 is 2.10 bits per heavy atom. The molecular weight excluding hydrogens is 464 g/mol. The number of aromatic amines is 1. The van der Waals surface area contributed by atoms with E-state index in [-0.39, 0.29) is 31.6 Å². The van der Waals surface area contributed by atoms with E-state index in [0.717, 1.165) is 6.42 Å². The van der Waals surface area contributed by atoms with Crippen LogP contribution in [-0.2, 0) is 23.7 Å². The Morgan fingerprint density at radius 3 is 2.77 bits per heavy atom. The van der Waals surface area contributed by atoms with Gasteiger partial charge in [-0.25, -0.2) is 9.59 Å². The molecular formula is C19H25BrN2O8. The number of aromatic nitrogens is 2. The fraction of sp³-hybridized carbons (Fsp3) is 0.579. The molecule has 3 atom stereocenters. The van der Waals surface area contributed by atoms with Crippen LogP contribution in [0.15, 0.2) is 20.8 Å². The number of ether oxygens (including phenoxy) is 4. The Kier molecular flexibility index (Phi) is 9.31. The van der Waals surface area contributed by atoms with Crippen molar-refractivity contribution >= 4 is 34.1 Å². The van der Waals surface area contributed by atoms with Crippen molar-refractivity contribution in [3.05, 3.63) is 37.6 Å². The van der Waals surface area contributed by atoms with Gasteiger partial charge in [-0.3, -0.25) is 19.1 Å². The Hall–Kier alpha value is -2.40. The van der Waals surface area contributed by atoms with Crippen LogP contribution in [-0.4, -0.2) is 47.1 Å². The first-order valence-corrected chi connectivity index (χ1v) is 10.6. The number of nitrogens with zero attached hydrogens (tertiary/aromatic N) is 1. The number of carbonyl (C=O) groups excluding carboxylic acids is 2. The van der Waals surface area contributed by atoms with Gasteiger partial charge >= 0.3 is 17.8 Å². The van der Waals surface area contributed by atoms with Crippen molar-refractivity contribution in [3.8, 4) is 0 Å². The summed E-state index contributed by atoms with van der Waals surface area (Å²) in [6, 6.07) is 0. The molecule has 1 aromatic heterocycles. The van der Waals surface area contributed by atoms with Gasteiger partial charge in [0.1, 0.15) is 25.0 Å². The van der Waals surface area contributed by atoms with Crippen molar-refractivity contribution in [3.63, 3.8) is 0 Å².